The predicted molar refractivity (Wildman–Crippen MR) is 76.1 cm³/mol. The quantitative estimate of drug-likeness (QED) is 0.842. The van der Waals surface area contributed by atoms with Crippen LogP contribution < -0.4 is 10.1 Å². The van der Waals surface area contributed by atoms with Crippen LogP contribution in [-0.2, 0) is 4.74 Å². The molecule has 2 saturated heterocycles. The van der Waals surface area contributed by atoms with Gasteiger partial charge in [-0.2, -0.15) is 0 Å². The number of nitrogens with zero attached hydrogens (tertiary/aromatic N) is 2. The zero-order valence-corrected chi connectivity index (χ0v) is 11.9. The van der Waals surface area contributed by atoms with Crippen molar-refractivity contribution in [2.45, 2.75) is 12.1 Å². The Bertz CT molecular complexity index is 573. The fourth-order valence-corrected chi connectivity index (χ4v) is 3.00. The van der Waals surface area contributed by atoms with Crippen molar-refractivity contribution in [3.05, 3.63) is 34.9 Å². The lowest BCUT2D eigenvalue weighted by molar-refractivity contribution is -0.0725. The summed E-state index contributed by atoms with van der Waals surface area (Å²) in [6.07, 6.45) is -0.219. The maximum absolute atomic E-state index is 14.2. The summed E-state index contributed by atoms with van der Waals surface area (Å²) in [4.78, 5) is 5.53. The number of ether oxygens (including phenoxy) is 2. The van der Waals surface area contributed by atoms with Gasteiger partial charge >= 0.3 is 0 Å². The van der Waals surface area contributed by atoms with Crippen molar-refractivity contribution >= 4 is 5.69 Å². The van der Waals surface area contributed by atoms with Crippen molar-refractivity contribution in [3.63, 3.8) is 0 Å². The molecular formula is C15H18FN3O2. The average molecular weight is 291 g/mol. The Kier molecular flexibility index (Phi) is 4.06. The monoisotopic (exact) mass is 291 g/mol. The van der Waals surface area contributed by atoms with Gasteiger partial charge in [0.15, 0.2) is 5.82 Å². The largest absolute Gasteiger partial charge is 0.495 e. The molecule has 0 bridgehead atoms. The normalized spacial score (nSPS) is 26.0. The minimum Gasteiger partial charge on any atom is -0.495 e. The van der Waals surface area contributed by atoms with Gasteiger partial charge in [-0.05, 0) is 0 Å². The van der Waals surface area contributed by atoms with E-state index in [1.54, 1.807) is 6.07 Å². The van der Waals surface area contributed by atoms with E-state index in [0.717, 1.165) is 26.2 Å². The van der Waals surface area contributed by atoms with Crippen molar-refractivity contribution in [3.8, 4) is 5.75 Å². The highest BCUT2D eigenvalue weighted by Crippen LogP contribution is 2.37. The van der Waals surface area contributed by atoms with Gasteiger partial charge in [0.1, 0.15) is 5.75 Å². The van der Waals surface area contributed by atoms with Gasteiger partial charge in [-0.25, -0.2) is 9.24 Å². The minimum absolute atomic E-state index is 0.0218. The number of halogens is 1. The first kappa shape index (κ1) is 14.3. The molecule has 5 nitrogen and oxygen atoms in total. The van der Waals surface area contributed by atoms with Gasteiger partial charge in [0, 0.05) is 37.8 Å². The third-order valence-corrected chi connectivity index (χ3v) is 4.14. The maximum Gasteiger partial charge on any atom is 0.225 e. The number of rotatable bonds is 2. The molecule has 21 heavy (non-hydrogen) atoms. The number of fused-ring (bicyclic) bond motifs is 1. The maximum atomic E-state index is 14.2. The molecule has 0 unspecified atom stereocenters. The Hall–Kier alpha value is -1.68. The van der Waals surface area contributed by atoms with E-state index < -0.39 is 5.82 Å². The van der Waals surface area contributed by atoms with E-state index in [1.807, 2.05) is 0 Å². The standard InChI is InChI=1S/C15H18FN3O2/c1-17-12-4-3-11(15(20-2)14(12)16)13-8-19-6-5-18-7-10(19)9-21-13/h3-4,10,13,18H,5-9H2,2H3/t10-,13+/m1/s1. The lowest BCUT2D eigenvalue weighted by atomic mass is 10.0. The zero-order chi connectivity index (χ0) is 14.8. The SMILES string of the molecule is [C-]#[N+]c1ccc([C@@H]2CN3CCNC[C@@H]3CO2)c(OC)c1F. The molecule has 0 aliphatic carbocycles. The molecule has 1 aromatic rings. The van der Waals surface area contributed by atoms with E-state index >= 15 is 0 Å². The number of methoxy groups -OCH3 is 1. The molecule has 0 saturated carbocycles. The summed E-state index contributed by atoms with van der Waals surface area (Å²) in [6, 6.07) is 3.61. The Morgan fingerprint density at radius 3 is 3.14 bits per heavy atom. The number of piperazine rings is 1. The number of hydrogen-bond acceptors (Lipinski definition) is 4. The molecule has 112 valence electrons. The summed E-state index contributed by atoms with van der Waals surface area (Å²) in [5, 5.41) is 3.35. The molecule has 0 aromatic heterocycles. The molecule has 2 aliphatic heterocycles. The van der Waals surface area contributed by atoms with Gasteiger partial charge in [-0.3, -0.25) is 4.90 Å². The lowest BCUT2D eigenvalue weighted by Gasteiger charge is -2.43. The second-order valence-corrected chi connectivity index (χ2v) is 5.31. The first-order valence-electron chi connectivity index (χ1n) is 7.04. The summed E-state index contributed by atoms with van der Waals surface area (Å²) in [6.45, 7) is 11.2. The van der Waals surface area contributed by atoms with Crippen molar-refractivity contribution < 1.29 is 13.9 Å². The Labute approximate surface area is 123 Å². The van der Waals surface area contributed by atoms with E-state index in [9.17, 15) is 4.39 Å². The zero-order valence-electron chi connectivity index (χ0n) is 11.9. The Morgan fingerprint density at radius 2 is 2.38 bits per heavy atom. The highest BCUT2D eigenvalue weighted by molar-refractivity contribution is 5.55. The smallest absolute Gasteiger partial charge is 0.225 e. The molecule has 6 heteroatoms. The van der Waals surface area contributed by atoms with Crippen LogP contribution in [0.2, 0.25) is 0 Å². The van der Waals surface area contributed by atoms with Crippen molar-refractivity contribution in [2.24, 2.45) is 0 Å². The van der Waals surface area contributed by atoms with Crippen molar-refractivity contribution in [2.75, 3.05) is 39.9 Å². The third kappa shape index (κ3) is 2.60. The fourth-order valence-electron chi connectivity index (χ4n) is 3.00. The van der Waals surface area contributed by atoms with E-state index in [4.69, 9.17) is 16.0 Å². The van der Waals surface area contributed by atoms with Gasteiger partial charge < -0.3 is 14.8 Å². The molecule has 0 radical (unpaired) electrons. The van der Waals surface area contributed by atoms with E-state index in [0.29, 0.717) is 18.2 Å². The van der Waals surface area contributed by atoms with Gasteiger partial charge in [0.05, 0.1) is 26.4 Å². The lowest BCUT2D eigenvalue weighted by Crippen LogP contribution is -2.57. The molecule has 1 N–H and O–H groups in total. The van der Waals surface area contributed by atoms with E-state index in [2.05, 4.69) is 15.1 Å². The molecule has 2 heterocycles. The molecule has 0 amide bonds. The second-order valence-electron chi connectivity index (χ2n) is 5.31. The second kappa shape index (κ2) is 5.98. The average Bonchev–Trinajstić information content (AvgIpc) is 2.54. The third-order valence-electron chi connectivity index (χ3n) is 4.14. The molecule has 0 spiro atoms. The highest BCUT2D eigenvalue weighted by Gasteiger charge is 2.33. The number of benzene rings is 1. The van der Waals surface area contributed by atoms with Crippen LogP contribution >= 0.6 is 0 Å². The molecule has 1 aromatic carbocycles. The molecule has 3 rings (SSSR count). The Balaban J connectivity index is 1.87. The van der Waals surface area contributed by atoms with Gasteiger partial charge in [-0.1, -0.05) is 12.1 Å². The first-order chi connectivity index (χ1) is 10.2. The van der Waals surface area contributed by atoms with E-state index in [1.165, 1.54) is 13.2 Å². The van der Waals surface area contributed by atoms with Gasteiger partial charge in [0.2, 0.25) is 5.69 Å². The Morgan fingerprint density at radius 1 is 1.52 bits per heavy atom. The summed E-state index contributed by atoms with van der Waals surface area (Å²) >= 11 is 0. The van der Waals surface area contributed by atoms with Crippen LogP contribution in [0.3, 0.4) is 0 Å². The highest BCUT2D eigenvalue weighted by atomic mass is 19.1. The van der Waals surface area contributed by atoms with Crippen LogP contribution in [0.25, 0.3) is 4.85 Å². The molecular weight excluding hydrogens is 273 g/mol. The van der Waals surface area contributed by atoms with Crippen LogP contribution in [0.1, 0.15) is 11.7 Å². The van der Waals surface area contributed by atoms with Crippen molar-refractivity contribution in [1.82, 2.24) is 10.2 Å². The molecule has 2 atom stereocenters. The fraction of sp³-hybridized carbons (Fsp3) is 0.533. The number of morpholine rings is 1. The number of nitrogens with one attached hydrogen (secondary N) is 1. The van der Waals surface area contributed by atoms with Gasteiger partial charge in [0.25, 0.3) is 0 Å². The molecule has 2 fully saturated rings. The van der Waals surface area contributed by atoms with Crippen LogP contribution in [-0.4, -0.2) is 50.8 Å². The van der Waals surface area contributed by atoms with Crippen LogP contribution in [0.4, 0.5) is 10.1 Å². The minimum atomic E-state index is -0.601. The summed E-state index contributed by atoms with van der Waals surface area (Å²) in [5.74, 6) is -0.474. The van der Waals surface area contributed by atoms with Gasteiger partial charge in [-0.15, -0.1) is 0 Å². The van der Waals surface area contributed by atoms with Crippen LogP contribution in [0.5, 0.6) is 5.75 Å². The summed E-state index contributed by atoms with van der Waals surface area (Å²) < 4.78 is 25.3. The first-order valence-corrected chi connectivity index (χ1v) is 7.04. The van der Waals surface area contributed by atoms with Crippen molar-refractivity contribution in [1.29, 1.82) is 0 Å². The predicted octanol–water partition coefficient (Wildman–Crippen LogP) is 1.73. The summed E-state index contributed by atoms with van der Waals surface area (Å²) in [5.41, 5.74) is 0.658. The summed E-state index contributed by atoms with van der Waals surface area (Å²) in [7, 11) is 1.42. The van der Waals surface area contributed by atoms with Crippen LogP contribution in [0.15, 0.2) is 12.1 Å². The van der Waals surface area contributed by atoms with E-state index in [-0.39, 0.29) is 17.5 Å². The topological polar surface area (TPSA) is 38.1 Å². The molecule has 2 aliphatic rings. The van der Waals surface area contributed by atoms with Crippen LogP contribution in [0, 0.1) is 12.4 Å². The number of hydrogen-bond donors (Lipinski definition) is 1.